The summed E-state index contributed by atoms with van der Waals surface area (Å²) in [7, 11) is 1.36. The highest BCUT2D eigenvalue weighted by Gasteiger charge is 2.26. The van der Waals surface area contributed by atoms with Gasteiger partial charge in [0.2, 0.25) is 5.91 Å². The Balaban J connectivity index is 1.58. The van der Waals surface area contributed by atoms with Crippen LogP contribution in [0.5, 0.6) is 0 Å². The highest BCUT2D eigenvalue weighted by molar-refractivity contribution is 5.99. The van der Waals surface area contributed by atoms with Crippen LogP contribution in [0.1, 0.15) is 27.0 Å². The number of esters is 1. The van der Waals surface area contributed by atoms with E-state index in [-0.39, 0.29) is 18.3 Å². The van der Waals surface area contributed by atoms with Crippen molar-refractivity contribution in [1.29, 1.82) is 0 Å². The lowest BCUT2D eigenvalue weighted by atomic mass is 10.1. The first-order valence-electron chi connectivity index (χ1n) is 8.55. The Hall–Kier alpha value is -3.08. The molecular weight excluding hydrogens is 330 g/mol. The number of carbonyl (C=O) groups excluding carboxylic acids is 2. The fourth-order valence-electron chi connectivity index (χ4n) is 3.49. The number of benzene rings is 2. The Morgan fingerprint density at radius 3 is 2.85 bits per heavy atom. The number of methoxy groups -OCH3 is 1. The second kappa shape index (κ2) is 6.33. The average Bonchev–Trinajstić information content (AvgIpc) is 3.24. The molecule has 0 N–H and O–H groups in total. The number of rotatable bonds is 3. The summed E-state index contributed by atoms with van der Waals surface area (Å²) in [5.74, 6) is -0.337. The second-order valence-corrected chi connectivity index (χ2v) is 6.57. The van der Waals surface area contributed by atoms with E-state index in [1.165, 1.54) is 7.11 Å². The maximum absolute atomic E-state index is 12.9. The van der Waals surface area contributed by atoms with Crippen molar-refractivity contribution in [2.45, 2.75) is 19.8 Å². The highest BCUT2D eigenvalue weighted by Crippen LogP contribution is 2.30. The molecule has 2 aromatic carbocycles. The molecule has 0 atom stereocenters. The lowest BCUT2D eigenvalue weighted by molar-refractivity contribution is -0.117. The molecule has 0 unspecified atom stereocenters. The van der Waals surface area contributed by atoms with Crippen molar-refractivity contribution in [3.05, 3.63) is 64.9 Å². The fraction of sp³-hybridized carbons (Fsp3) is 0.238. The molecule has 1 aliphatic rings. The van der Waals surface area contributed by atoms with E-state index in [9.17, 15) is 9.59 Å². The van der Waals surface area contributed by atoms with Crippen molar-refractivity contribution >= 4 is 28.5 Å². The van der Waals surface area contributed by atoms with Crippen molar-refractivity contribution < 1.29 is 18.7 Å². The van der Waals surface area contributed by atoms with Crippen molar-refractivity contribution in [1.82, 2.24) is 0 Å². The molecule has 3 aromatic rings. The Morgan fingerprint density at radius 1 is 1.19 bits per heavy atom. The summed E-state index contributed by atoms with van der Waals surface area (Å²) < 4.78 is 10.4. The number of hydrogen-bond donors (Lipinski definition) is 0. The Kier molecular flexibility index (Phi) is 3.99. The maximum Gasteiger partial charge on any atom is 0.337 e. The molecule has 0 aliphatic carbocycles. The molecule has 4 rings (SSSR count). The number of furan rings is 1. The predicted octanol–water partition coefficient (Wildman–Crippen LogP) is 3.66. The fourth-order valence-corrected chi connectivity index (χ4v) is 3.49. The van der Waals surface area contributed by atoms with E-state index in [4.69, 9.17) is 9.15 Å². The second-order valence-electron chi connectivity index (χ2n) is 6.57. The lowest BCUT2D eigenvalue weighted by Gasteiger charge is -2.17. The van der Waals surface area contributed by atoms with Crippen LogP contribution in [0.4, 0.5) is 5.69 Å². The van der Waals surface area contributed by atoms with Gasteiger partial charge in [0.25, 0.3) is 0 Å². The molecule has 5 heteroatoms. The zero-order valence-corrected chi connectivity index (χ0v) is 14.7. The molecule has 1 aliphatic heterocycles. The van der Waals surface area contributed by atoms with Gasteiger partial charge in [-0.2, -0.15) is 0 Å². The van der Waals surface area contributed by atoms with Gasteiger partial charge in [0.1, 0.15) is 5.58 Å². The van der Waals surface area contributed by atoms with E-state index >= 15 is 0 Å². The summed E-state index contributed by atoms with van der Waals surface area (Å²) in [4.78, 5) is 26.3. The van der Waals surface area contributed by atoms with Gasteiger partial charge < -0.3 is 14.1 Å². The molecule has 5 nitrogen and oxygen atoms in total. The largest absolute Gasteiger partial charge is 0.465 e. The first-order chi connectivity index (χ1) is 12.6. The van der Waals surface area contributed by atoms with E-state index in [0.29, 0.717) is 12.1 Å². The van der Waals surface area contributed by atoms with Gasteiger partial charge in [-0.25, -0.2) is 4.79 Å². The van der Waals surface area contributed by atoms with Crippen molar-refractivity contribution in [2.24, 2.45) is 0 Å². The highest BCUT2D eigenvalue weighted by atomic mass is 16.5. The number of carbonyl (C=O) groups is 2. The molecule has 0 spiro atoms. The van der Waals surface area contributed by atoms with E-state index in [0.717, 1.165) is 39.8 Å². The number of nitrogens with zero attached hydrogens (tertiary/aromatic N) is 1. The quantitative estimate of drug-likeness (QED) is 0.677. The van der Waals surface area contributed by atoms with Crippen LogP contribution in [0.3, 0.4) is 0 Å². The number of aryl methyl sites for hydroxylation is 1. The van der Waals surface area contributed by atoms with Crippen molar-refractivity contribution in [3.63, 3.8) is 0 Å². The third kappa shape index (κ3) is 2.75. The molecule has 1 amide bonds. The first kappa shape index (κ1) is 16.4. The third-order valence-electron chi connectivity index (χ3n) is 4.85. The molecule has 2 heterocycles. The summed E-state index contributed by atoms with van der Waals surface area (Å²) >= 11 is 0. The maximum atomic E-state index is 12.9. The first-order valence-corrected chi connectivity index (χ1v) is 8.55. The number of ether oxygens (including phenoxy) is 1. The molecule has 0 saturated carbocycles. The third-order valence-corrected chi connectivity index (χ3v) is 4.85. The number of fused-ring (bicyclic) bond motifs is 2. The number of anilines is 1. The van der Waals surface area contributed by atoms with Crippen molar-refractivity contribution in [3.8, 4) is 0 Å². The van der Waals surface area contributed by atoms with Gasteiger partial charge in [-0.1, -0.05) is 12.1 Å². The zero-order valence-electron chi connectivity index (χ0n) is 14.7. The summed E-state index contributed by atoms with van der Waals surface area (Å²) in [6.45, 7) is 2.63. The summed E-state index contributed by atoms with van der Waals surface area (Å²) in [5.41, 5.74) is 5.19. The predicted molar refractivity (Wildman–Crippen MR) is 98.5 cm³/mol. The monoisotopic (exact) mass is 349 g/mol. The van der Waals surface area contributed by atoms with Gasteiger partial charge in [0.15, 0.2) is 0 Å². The van der Waals surface area contributed by atoms with Gasteiger partial charge >= 0.3 is 5.97 Å². The van der Waals surface area contributed by atoms with E-state index in [2.05, 4.69) is 0 Å². The molecule has 0 bridgehead atoms. The normalized spacial score (nSPS) is 13.1. The van der Waals surface area contributed by atoms with Gasteiger partial charge in [0, 0.05) is 23.2 Å². The van der Waals surface area contributed by atoms with Gasteiger partial charge in [-0.15, -0.1) is 0 Å². The summed E-state index contributed by atoms with van der Waals surface area (Å²) in [6.07, 6.45) is 2.69. The van der Waals surface area contributed by atoms with Crippen molar-refractivity contribution in [2.75, 3.05) is 18.6 Å². The Bertz CT molecular complexity index is 1020. The standard InChI is InChI=1S/C21H19NO4/c1-13-3-5-17-16(12-26-19(17)9-13)11-20(23)22-8-7-14-10-15(21(24)25-2)4-6-18(14)22/h3-6,9-10,12H,7-8,11H2,1-2H3. The molecular formula is C21H19NO4. The minimum Gasteiger partial charge on any atom is -0.465 e. The minimum atomic E-state index is -0.363. The molecule has 132 valence electrons. The van der Waals surface area contributed by atoms with E-state index in [1.807, 2.05) is 37.3 Å². The molecule has 1 aromatic heterocycles. The molecule has 0 saturated heterocycles. The average molecular weight is 349 g/mol. The van der Waals surface area contributed by atoms with Crippen LogP contribution in [-0.2, 0) is 22.4 Å². The molecule has 0 radical (unpaired) electrons. The van der Waals surface area contributed by atoms with Crippen LogP contribution in [-0.4, -0.2) is 25.5 Å². The van der Waals surface area contributed by atoms with E-state index in [1.54, 1.807) is 17.2 Å². The Morgan fingerprint density at radius 2 is 2.04 bits per heavy atom. The van der Waals surface area contributed by atoms with Gasteiger partial charge in [0.05, 0.1) is 25.4 Å². The van der Waals surface area contributed by atoms with Crippen LogP contribution in [0, 0.1) is 6.92 Å². The van der Waals surface area contributed by atoms with Crippen LogP contribution in [0.25, 0.3) is 11.0 Å². The SMILES string of the molecule is COC(=O)c1ccc2c(c1)CCN2C(=O)Cc1coc2cc(C)ccc12. The van der Waals surface area contributed by atoms with Crippen LogP contribution >= 0.6 is 0 Å². The van der Waals surface area contributed by atoms with Gasteiger partial charge in [-0.3, -0.25) is 4.79 Å². The zero-order chi connectivity index (χ0) is 18.3. The van der Waals surface area contributed by atoms with Crippen LogP contribution in [0.2, 0.25) is 0 Å². The van der Waals surface area contributed by atoms with Crippen LogP contribution < -0.4 is 4.90 Å². The number of amides is 1. The van der Waals surface area contributed by atoms with E-state index < -0.39 is 0 Å². The van der Waals surface area contributed by atoms with Crippen LogP contribution in [0.15, 0.2) is 47.1 Å². The smallest absolute Gasteiger partial charge is 0.337 e. The number of hydrogen-bond acceptors (Lipinski definition) is 4. The summed E-state index contributed by atoms with van der Waals surface area (Å²) in [6, 6.07) is 11.3. The van der Waals surface area contributed by atoms with Gasteiger partial charge in [-0.05, 0) is 48.7 Å². The summed E-state index contributed by atoms with van der Waals surface area (Å²) in [5, 5.41) is 0.976. The Labute approximate surface area is 151 Å². The molecule has 0 fully saturated rings. The molecule has 26 heavy (non-hydrogen) atoms. The lowest BCUT2D eigenvalue weighted by Crippen LogP contribution is -2.30. The topological polar surface area (TPSA) is 59.8 Å². The minimum absolute atomic E-state index is 0.0258.